The molecule has 23 heavy (non-hydrogen) atoms. The number of rotatable bonds is 6. The molecule has 1 fully saturated rings. The van der Waals surface area contributed by atoms with Crippen LogP contribution in [0.4, 0.5) is 18.0 Å². The summed E-state index contributed by atoms with van der Waals surface area (Å²) in [6, 6.07) is 3.80. The second-order valence-corrected chi connectivity index (χ2v) is 5.48. The van der Waals surface area contributed by atoms with E-state index in [-0.39, 0.29) is 18.9 Å². The third kappa shape index (κ3) is 5.15. The number of halogens is 3. The van der Waals surface area contributed by atoms with Crippen LogP contribution in [-0.2, 0) is 11.0 Å². The highest BCUT2D eigenvalue weighted by atomic mass is 19.4. The summed E-state index contributed by atoms with van der Waals surface area (Å²) < 4.78 is 38.4. The largest absolute Gasteiger partial charge is 0.481 e. The Labute approximate surface area is 130 Å². The van der Waals surface area contributed by atoms with E-state index in [2.05, 4.69) is 10.6 Å². The Bertz CT molecular complexity index is 586. The molecule has 1 aliphatic rings. The summed E-state index contributed by atoms with van der Waals surface area (Å²) in [7, 11) is 0. The second-order valence-electron chi connectivity index (χ2n) is 5.48. The number of nitrogens with one attached hydrogen (secondary N) is 2. The molecule has 0 saturated heterocycles. The van der Waals surface area contributed by atoms with Crippen LogP contribution in [0, 0.1) is 5.92 Å². The van der Waals surface area contributed by atoms with Crippen LogP contribution in [0.5, 0.6) is 0 Å². The topological polar surface area (TPSA) is 78.4 Å². The van der Waals surface area contributed by atoms with Crippen LogP contribution >= 0.6 is 0 Å². The van der Waals surface area contributed by atoms with Gasteiger partial charge >= 0.3 is 18.2 Å². The molecule has 1 aliphatic carbocycles. The number of carbonyl (C=O) groups is 2. The van der Waals surface area contributed by atoms with Gasteiger partial charge in [0, 0.05) is 6.54 Å². The lowest BCUT2D eigenvalue weighted by Crippen LogP contribution is -2.39. The Morgan fingerprint density at radius 1 is 1.30 bits per heavy atom. The van der Waals surface area contributed by atoms with Crippen LogP contribution in [0.25, 0.3) is 0 Å². The van der Waals surface area contributed by atoms with Crippen LogP contribution in [0.2, 0.25) is 0 Å². The number of carbonyl (C=O) groups excluding carboxylic acids is 1. The second kappa shape index (κ2) is 6.89. The maximum absolute atomic E-state index is 12.8. The molecule has 1 aromatic carbocycles. The molecular weight excluding hydrogens is 313 g/mol. The number of hydrogen-bond acceptors (Lipinski definition) is 2. The Morgan fingerprint density at radius 3 is 2.57 bits per heavy atom. The van der Waals surface area contributed by atoms with E-state index in [1.165, 1.54) is 6.07 Å². The lowest BCUT2D eigenvalue weighted by Gasteiger charge is -2.20. The highest BCUT2D eigenvalue weighted by molar-refractivity contribution is 5.75. The first-order valence-corrected chi connectivity index (χ1v) is 7.20. The summed E-state index contributed by atoms with van der Waals surface area (Å²) in [6.07, 6.45) is -2.99. The Hall–Kier alpha value is -2.25. The molecule has 5 nitrogen and oxygen atoms in total. The quantitative estimate of drug-likeness (QED) is 0.750. The molecule has 0 radical (unpaired) electrons. The fourth-order valence-electron chi connectivity index (χ4n) is 2.29. The van der Waals surface area contributed by atoms with Crippen molar-refractivity contribution >= 4 is 12.0 Å². The summed E-state index contributed by atoms with van der Waals surface area (Å²) in [5.74, 6) is -0.939. The predicted octanol–water partition coefficient (Wildman–Crippen LogP) is 2.93. The molecule has 2 amide bonds. The van der Waals surface area contributed by atoms with Gasteiger partial charge in [0.1, 0.15) is 0 Å². The smallest absolute Gasteiger partial charge is 0.416 e. The van der Waals surface area contributed by atoms with Crippen LogP contribution in [0.15, 0.2) is 24.3 Å². The van der Waals surface area contributed by atoms with E-state index < -0.39 is 29.8 Å². The maximum Gasteiger partial charge on any atom is 0.416 e. The average Bonchev–Trinajstić information content (AvgIpc) is 3.28. The van der Waals surface area contributed by atoms with Crippen molar-refractivity contribution in [3.05, 3.63) is 35.4 Å². The molecule has 1 saturated carbocycles. The number of amides is 2. The highest BCUT2D eigenvalue weighted by Gasteiger charge is 2.36. The Balaban J connectivity index is 2.04. The van der Waals surface area contributed by atoms with Gasteiger partial charge in [0.25, 0.3) is 0 Å². The van der Waals surface area contributed by atoms with E-state index in [0.717, 1.165) is 25.0 Å². The number of urea groups is 1. The van der Waals surface area contributed by atoms with Gasteiger partial charge in [-0.3, -0.25) is 4.79 Å². The first-order valence-electron chi connectivity index (χ1n) is 7.20. The third-order valence-electron chi connectivity index (χ3n) is 3.58. The van der Waals surface area contributed by atoms with E-state index in [0.29, 0.717) is 5.56 Å². The van der Waals surface area contributed by atoms with Crippen molar-refractivity contribution in [1.82, 2.24) is 10.6 Å². The number of benzene rings is 1. The van der Waals surface area contributed by atoms with Gasteiger partial charge in [-0.1, -0.05) is 12.1 Å². The van der Waals surface area contributed by atoms with Gasteiger partial charge in [-0.15, -0.1) is 0 Å². The minimum Gasteiger partial charge on any atom is -0.481 e. The molecule has 126 valence electrons. The molecule has 1 atom stereocenters. The van der Waals surface area contributed by atoms with Crippen molar-refractivity contribution in [3.8, 4) is 0 Å². The zero-order chi connectivity index (χ0) is 17.0. The van der Waals surface area contributed by atoms with E-state index in [1.807, 2.05) is 0 Å². The zero-order valence-corrected chi connectivity index (χ0v) is 12.2. The van der Waals surface area contributed by atoms with Crippen molar-refractivity contribution in [2.24, 2.45) is 5.92 Å². The average molecular weight is 330 g/mol. The van der Waals surface area contributed by atoms with Gasteiger partial charge < -0.3 is 15.7 Å². The number of hydrogen-bond donors (Lipinski definition) is 3. The molecule has 0 spiro atoms. The number of alkyl halides is 3. The molecule has 1 unspecified atom stereocenters. The molecule has 1 aromatic rings. The van der Waals surface area contributed by atoms with Crippen molar-refractivity contribution in [2.75, 3.05) is 6.54 Å². The van der Waals surface area contributed by atoms with Crippen molar-refractivity contribution in [2.45, 2.75) is 31.5 Å². The first kappa shape index (κ1) is 17.1. The minimum atomic E-state index is -4.44. The van der Waals surface area contributed by atoms with Crippen molar-refractivity contribution < 1.29 is 27.9 Å². The van der Waals surface area contributed by atoms with Crippen LogP contribution < -0.4 is 10.6 Å². The van der Waals surface area contributed by atoms with E-state index in [4.69, 9.17) is 5.11 Å². The normalized spacial score (nSPS) is 15.8. The van der Waals surface area contributed by atoms with Crippen LogP contribution in [0.3, 0.4) is 0 Å². The van der Waals surface area contributed by atoms with E-state index in [9.17, 15) is 22.8 Å². The standard InChI is InChI=1S/C15H17F3N2O3/c16-15(17,18)11-3-1-2-10(8-11)13(9-4-5-9)20-14(23)19-7-6-12(21)22/h1-3,8-9,13H,4-7H2,(H,21,22)(H2,19,20,23). The lowest BCUT2D eigenvalue weighted by atomic mass is 10.00. The molecule has 8 heteroatoms. The molecule has 0 heterocycles. The fourth-order valence-corrected chi connectivity index (χ4v) is 2.29. The number of carboxylic acids is 1. The third-order valence-corrected chi connectivity index (χ3v) is 3.58. The molecule has 2 rings (SSSR count). The monoisotopic (exact) mass is 330 g/mol. The summed E-state index contributed by atoms with van der Waals surface area (Å²) in [6.45, 7) is -0.0405. The molecule has 3 N–H and O–H groups in total. The molecule has 0 aliphatic heterocycles. The van der Waals surface area contributed by atoms with Gasteiger partial charge in [-0.05, 0) is 36.5 Å². The van der Waals surface area contributed by atoms with Gasteiger partial charge in [0.2, 0.25) is 0 Å². The minimum absolute atomic E-state index is 0.0405. The summed E-state index contributed by atoms with van der Waals surface area (Å²) in [5, 5.41) is 13.5. The highest BCUT2D eigenvalue weighted by Crippen LogP contribution is 2.42. The Morgan fingerprint density at radius 2 is 2.00 bits per heavy atom. The SMILES string of the molecule is O=C(O)CCNC(=O)NC(c1cccc(C(F)(F)F)c1)C1CC1. The zero-order valence-electron chi connectivity index (χ0n) is 12.2. The van der Waals surface area contributed by atoms with Crippen molar-refractivity contribution in [1.29, 1.82) is 0 Å². The summed E-state index contributed by atoms with van der Waals surface area (Å²) in [5.41, 5.74) is -0.357. The van der Waals surface area contributed by atoms with E-state index >= 15 is 0 Å². The van der Waals surface area contributed by atoms with Crippen LogP contribution in [0.1, 0.15) is 36.4 Å². The van der Waals surface area contributed by atoms with Gasteiger partial charge in [-0.2, -0.15) is 13.2 Å². The van der Waals surface area contributed by atoms with Gasteiger partial charge in [0.05, 0.1) is 18.0 Å². The maximum atomic E-state index is 12.8. The summed E-state index contributed by atoms with van der Waals surface area (Å²) in [4.78, 5) is 22.2. The number of carboxylic acid groups (broad SMARTS) is 1. The predicted molar refractivity (Wildman–Crippen MR) is 75.7 cm³/mol. The lowest BCUT2D eigenvalue weighted by molar-refractivity contribution is -0.138. The number of aliphatic carboxylic acids is 1. The summed E-state index contributed by atoms with van der Waals surface area (Å²) >= 11 is 0. The molecule has 0 aromatic heterocycles. The van der Waals surface area contributed by atoms with Gasteiger partial charge in [0.15, 0.2) is 0 Å². The van der Waals surface area contributed by atoms with E-state index in [1.54, 1.807) is 6.07 Å². The molecule has 0 bridgehead atoms. The fraction of sp³-hybridized carbons (Fsp3) is 0.467. The van der Waals surface area contributed by atoms with Crippen LogP contribution in [-0.4, -0.2) is 23.7 Å². The Kier molecular flexibility index (Phi) is 5.12. The van der Waals surface area contributed by atoms with Gasteiger partial charge in [-0.25, -0.2) is 4.79 Å². The van der Waals surface area contributed by atoms with Crippen molar-refractivity contribution in [3.63, 3.8) is 0 Å². The molecular formula is C15H17F3N2O3. The first-order chi connectivity index (χ1) is 10.8.